The second-order valence-electron chi connectivity index (χ2n) is 7.18. The van der Waals surface area contributed by atoms with Gasteiger partial charge < -0.3 is 16.0 Å². The number of hydrogen-bond donors (Lipinski definition) is 5. The first-order chi connectivity index (χ1) is 15.2. The Balaban J connectivity index is 1.58. The van der Waals surface area contributed by atoms with E-state index in [4.69, 9.17) is 16.3 Å². The fraction of sp³-hybridized carbons (Fsp3) is 0.0455. The van der Waals surface area contributed by atoms with Crippen molar-refractivity contribution in [2.24, 2.45) is 10.9 Å². The van der Waals surface area contributed by atoms with E-state index in [-0.39, 0.29) is 28.9 Å². The van der Waals surface area contributed by atoms with Gasteiger partial charge in [-0.3, -0.25) is 10.2 Å². The van der Waals surface area contributed by atoms with E-state index < -0.39 is 10.0 Å². The molecule has 0 spiro atoms. The van der Waals surface area contributed by atoms with Crippen molar-refractivity contribution in [1.82, 2.24) is 9.97 Å². The standard InChI is InChI=1S/C22H20N6O3S/c23-22(24)14-5-6-18-17(9-14)15(12-27-18)11-21(29)28-20-10-13(7-8-26-20)16-3-1-2-4-19(16)32(25,30)31/h1-10,12,27H,11H2,(H3,23,24)(H2,25,30,31)(H,26,28,29). The van der Waals surface area contributed by atoms with Crippen molar-refractivity contribution in [3.63, 3.8) is 0 Å². The van der Waals surface area contributed by atoms with Gasteiger partial charge in [-0.05, 0) is 47.5 Å². The third kappa shape index (κ3) is 4.36. The molecule has 0 saturated carbocycles. The van der Waals surface area contributed by atoms with Gasteiger partial charge in [0, 0.05) is 34.4 Å². The number of nitrogens with zero attached hydrogens (tertiary/aromatic N) is 1. The predicted octanol–water partition coefficient (Wildman–Crippen LogP) is 2.34. The van der Waals surface area contributed by atoms with Crippen LogP contribution in [0.25, 0.3) is 22.0 Å². The number of nitrogens with two attached hydrogens (primary N) is 2. The Morgan fingerprint density at radius 1 is 1.12 bits per heavy atom. The van der Waals surface area contributed by atoms with Crippen molar-refractivity contribution in [2.75, 3.05) is 5.32 Å². The van der Waals surface area contributed by atoms with Gasteiger partial charge in [0.1, 0.15) is 11.7 Å². The summed E-state index contributed by atoms with van der Waals surface area (Å²) in [4.78, 5) is 19.9. The lowest BCUT2D eigenvalue weighted by Gasteiger charge is -2.10. The van der Waals surface area contributed by atoms with Crippen LogP contribution < -0.4 is 16.2 Å². The number of carbonyl (C=O) groups is 1. The lowest BCUT2D eigenvalue weighted by molar-refractivity contribution is -0.115. The predicted molar refractivity (Wildman–Crippen MR) is 123 cm³/mol. The van der Waals surface area contributed by atoms with Gasteiger partial charge in [-0.1, -0.05) is 18.2 Å². The second kappa shape index (κ2) is 8.25. The lowest BCUT2D eigenvalue weighted by atomic mass is 10.1. The average molecular weight is 449 g/mol. The summed E-state index contributed by atoms with van der Waals surface area (Å²) < 4.78 is 23.8. The number of fused-ring (bicyclic) bond motifs is 1. The van der Waals surface area contributed by atoms with E-state index in [0.717, 1.165) is 16.5 Å². The van der Waals surface area contributed by atoms with E-state index >= 15 is 0 Å². The summed E-state index contributed by atoms with van der Waals surface area (Å²) >= 11 is 0. The summed E-state index contributed by atoms with van der Waals surface area (Å²) in [7, 11) is -3.92. The highest BCUT2D eigenvalue weighted by Crippen LogP contribution is 2.28. The molecule has 0 aliphatic heterocycles. The van der Waals surface area contributed by atoms with E-state index in [0.29, 0.717) is 16.7 Å². The van der Waals surface area contributed by atoms with E-state index in [1.54, 1.807) is 54.7 Å². The molecular formula is C22H20N6O3S. The van der Waals surface area contributed by atoms with Crippen LogP contribution in [0.4, 0.5) is 5.82 Å². The van der Waals surface area contributed by atoms with Crippen LogP contribution >= 0.6 is 0 Å². The lowest BCUT2D eigenvalue weighted by Crippen LogP contribution is -2.15. The number of nitrogen functional groups attached to an aromatic ring is 1. The summed E-state index contributed by atoms with van der Waals surface area (Å²) in [6, 6.07) is 14.9. The number of H-pyrrole nitrogens is 1. The number of hydrogen-bond acceptors (Lipinski definition) is 5. The van der Waals surface area contributed by atoms with Crippen LogP contribution in [0.1, 0.15) is 11.1 Å². The number of sulfonamides is 1. The molecule has 9 nitrogen and oxygen atoms in total. The molecule has 32 heavy (non-hydrogen) atoms. The van der Waals surface area contributed by atoms with Crippen molar-refractivity contribution in [3.8, 4) is 11.1 Å². The third-order valence-electron chi connectivity index (χ3n) is 4.96. The smallest absolute Gasteiger partial charge is 0.238 e. The first-order valence-corrected chi connectivity index (χ1v) is 11.1. The summed E-state index contributed by atoms with van der Waals surface area (Å²) in [5.74, 6) is -0.0752. The Bertz CT molecular complexity index is 1460. The largest absolute Gasteiger partial charge is 0.384 e. The van der Waals surface area contributed by atoms with Crippen LogP contribution in [0.15, 0.2) is 71.9 Å². The minimum Gasteiger partial charge on any atom is -0.384 e. The zero-order valence-corrected chi connectivity index (χ0v) is 17.6. The molecule has 4 aromatic rings. The maximum Gasteiger partial charge on any atom is 0.238 e. The van der Waals surface area contributed by atoms with Gasteiger partial charge >= 0.3 is 0 Å². The zero-order chi connectivity index (χ0) is 22.9. The molecule has 4 rings (SSSR count). The number of anilines is 1. The molecule has 0 bridgehead atoms. The number of aromatic nitrogens is 2. The molecule has 0 fully saturated rings. The first-order valence-electron chi connectivity index (χ1n) is 9.55. The van der Waals surface area contributed by atoms with E-state index in [2.05, 4.69) is 15.3 Å². The molecule has 2 heterocycles. The van der Waals surface area contributed by atoms with Gasteiger partial charge in [-0.25, -0.2) is 18.5 Å². The van der Waals surface area contributed by atoms with Crippen LogP contribution in [0, 0.1) is 5.41 Å². The highest BCUT2D eigenvalue weighted by atomic mass is 32.2. The van der Waals surface area contributed by atoms with Gasteiger partial charge in [0.05, 0.1) is 11.3 Å². The highest BCUT2D eigenvalue weighted by molar-refractivity contribution is 7.89. The summed E-state index contributed by atoms with van der Waals surface area (Å²) in [6.45, 7) is 0. The summed E-state index contributed by atoms with van der Waals surface area (Å²) in [5, 5.41) is 16.5. The average Bonchev–Trinajstić information content (AvgIpc) is 3.15. The fourth-order valence-electron chi connectivity index (χ4n) is 3.47. The fourth-order valence-corrected chi connectivity index (χ4v) is 4.23. The van der Waals surface area contributed by atoms with Crippen LogP contribution in [-0.4, -0.2) is 30.1 Å². The van der Waals surface area contributed by atoms with Gasteiger partial charge in [-0.2, -0.15) is 0 Å². The van der Waals surface area contributed by atoms with Crippen LogP contribution in [0.5, 0.6) is 0 Å². The molecule has 7 N–H and O–H groups in total. The molecule has 0 unspecified atom stereocenters. The number of rotatable bonds is 6. The number of amides is 1. The molecular weight excluding hydrogens is 428 g/mol. The molecule has 0 aliphatic carbocycles. The van der Waals surface area contributed by atoms with Crippen molar-refractivity contribution in [1.29, 1.82) is 5.41 Å². The summed E-state index contributed by atoms with van der Waals surface area (Å²) in [6.07, 6.45) is 3.29. The number of nitrogens with one attached hydrogen (secondary N) is 3. The maximum absolute atomic E-state index is 12.7. The molecule has 1 amide bonds. The van der Waals surface area contributed by atoms with Gasteiger partial charge in [0.15, 0.2) is 0 Å². The Hall–Kier alpha value is -4.02. The van der Waals surface area contributed by atoms with E-state index in [1.807, 2.05) is 0 Å². The topological polar surface area (TPSA) is 168 Å². The van der Waals surface area contributed by atoms with Gasteiger partial charge in [0.25, 0.3) is 0 Å². The molecule has 0 atom stereocenters. The minimum atomic E-state index is -3.92. The number of pyridine rings is 1. The number of amidine groups is 1. The minimum absolute atomic E-state index is 0.0106. The van der Waals surface area contributed by atoms with Gasteiger partial charge in [0.2, 0.25) is 15.9 Å². The van der Waals surface area contributed by atoms with Crippen molar-refractivity contribution >= 4 is 38.5 Å². The molecule has 0 aliphatic rings. The molecule has 0 radical (unpaired) electrons. The Morgan fingerprint density at radius 2 is 1.91 bits per heavy atom. The van der Waals surface area contributed by atoms with Crippen LogP contribution in [0.3, 0.4) is 0 Å². The van der Waals surface area contributed by atoms with Crippen molar-refractivity contribution in [3.05, 3.63) is 78.1 Å². The number of benzene rings is 2. The van der Waals surface area contributed by atoms with Crippen molar-refractivity contribution < 1.29 is 13.2 Å². The van der Waals surface area contributed by atoms with E-state index in [1.165, 1.54) is 12.3 Å². The van der Waals surface area contributed by atoms with E-state index in [9.17, 15) is 13.2 Å². The molecule has 0 saturated heterocycles. The van der Waals surface area contributed by atoms with Gasteiger partial charge in [-0.15, -0.1) is 0 Å². The normalized spacial score (nSPS) is 11.4. The zero-order valence-electron chi connectivity index (χ0n) is 16.8. The molecule has 2 aromatic carbocycles. The Kier molecular flexibility index (Phi) is 5.47. The Morgan fingerprint density at radius 3 is 2.66 bits per heavy atom. The molecule has 2 aromatic heterocycles. The maximum atomic E-state index is 12.7. The quantitative estimate of drug-likeness (QED) is 0.225. The third-order valence-corrected chi connectivity index (χ3v) is 5.93. The number of primary sulfonamides is 1. The Labute approximate surface area is 184 Å². The highest BCUT2D eigenvalue weighted by Gasteiger charge is 2.16. The number of aromatic amines is 1. The van der Waals surface area contributed by atoms with Crippen LogP contribution in [0.2, 0.25) is 0 Å². The molecule has 10 heteroatoms. The molecule has 162 valence electrons. The van der Waals surface area contributed by atoms with Crippen LogP contribution in [-0.2, 0) is 21.2 Å². The SMILES string of the molecule is N=C(N)c1ccc2[nH]cc(CC(=O)Nc3cc(-c4ccccc4S(N)(=O)=O)ccn3)c2c1. The second-order valence-corrected chi connectivity index (χ2v) is 8.71. The monoisotopic (exact) mass is 448 g/mol. The first kappa shape index (κ1) is 21.2. The summed E-state index contributed by atoms with van der Waals surface area (Å²) in [5.41, 5.74) is 8.69. The van der Waals surface area contributed by atoms with Crippen molar-refractivity contribution in [2.45, 2.75) is 11.3 Å². The number of carbonyl (C=O) groups excluding carboxylic acids is 1.